The zero-order chi connectivity index (χ0) is 15.3. The topological polar surface area (TPSA) is 58.6 Å². The van der Waals surface area contributed by atoms with Gasteiger partial charge in [-0.15, -0.1) is 5.10 Å². The Morgan fingerprint density at radius 3 is 2.62 bits per heavy atom. The minimum Gasteiger partial charge on any atom is -0.298 e. The van der Waals surface area contributed by atoms with E-state index in [1.165, 1.54) is 11.8 Å². The van der Waals surface area contributed by atoms with E-state index < -0.39 is 0 Å². The van der Waals surface area contributed by atoms with Crippen molar-refractivity contribution >= 4 is 29.7 Å². The summed E-state index contributed by atoms with van der Waals surface area (Å²) in [5.41, 5.74) is 0.783. The van der Waals surface area contributed by atoms with Gasteiger partial charge in [0.1, 0.15) is 11.6 Å². The zero-order valence-electron chi connectivity index (χ0n) is 12.5. The van der Waals surface area contributed by atoms with Crippen LogP contribution in [0.15, 0.2) is 35.5 Å². The minimum absolute atomic E-state index is 0.193. The normalized spacial score (nSPS) is 12.0. The largest absolute Gasteiger partial charge is 0.298 e. The number of hydrogen-bond donors (Lipinski definition) is 1. The molecule has 0 radical (unpaired) electrons. The maximum absolute atomic E-state index is 11.9. The lowest BCUT2D eigenvalue weighted by Gasteiger charge is -2.14. The summed E-state index contributed by atoms with van der Waals surface area (Å²) >= 11 is 1.36. The monoisotopic (exact) mass is 301 g/mol. The number of ketones is 1. The van der Waals surface area contributed by atoms with Gasteiger partial charge in [-0.05, 0) is 11.6 Å². The molecular weight excluding hydrogens is 282 g/mol. The van der Waals surface area contributed by atoms with Crippen LogP contribution in [0.1, 0.15) is 32.2 Å². The van der Waals surface area contributed by atoms with Crippen molar-refractivity contribution in [3.05, 3.63) is 41.7 Å². The third kappa shape index (κ3) is 4.86. The van der Waals surface area contributed by atoms with E-state index in [-0.39, 0.29) is 11.2 Å². The number of H-pyrrole nitrogens is 1. The number of thioether (sulfide) groups is 1. The summed E-state index contributed by atoms with van der Waals surface area (Å²) in [6, 6.07) is 9.99. The summed E-state index contributed by atoms with van der Waals surface area (Å²) in [4.78, 5) is 16.2. The molecule has 1 N–H and O–H groups in total. The van der Waals surface area contributed by atoms with E-state index in [2.05, 4.69) is 15.2 Å². The fourth-order valence-corrected chi connectivity index (χ4v) is 2.45. The second kappa shape index (κ2) is 6.72. The number of benzene rings is 1. The van der Waals surface area contributed by atoms with Crippen molar-refractivity contribution in [2.45, 2.75) is 25.9 Å². The fraction of sp³-hybridized carbons (Fsp3) is 0.312. The molecule has 21 heavy (non-hydrogen) atoms. The van der Waals surface area contributed by atoms with Crippen LogP contribution in [0.3, 0.4) is 0 Å². The van der Waals surface area contributed by atoms with Crippen LogP contribution in [0.4, 0.5) is 0 Å². The van der Waals surface area contributed by atoms with Gasteiger partial charge in [-0.1, -0.05) is 68.9 Å². The van der Waals surface area contributed by atoms with E-state index in [1.807, 2.05) is 63.3 Å². The number of rotatable bonds is 5. The Labute approximate surface area is 129 Å². The van der Waals surface area contributed by atoms with Crippen molar-refractivity contribution < 1.29 is 4.79 Å². The lowest BCUT2D eigenvalue weighted by atomic mass is 9.92. The van der Waals surface area contributed by atoms with Crippen molar-refractivity contribution in [1.29, 1.82) is 0 Å². The summed E-state index contributed by atoms with van der Waals surface area (Å²) in [6.07, 6.45) is 3.84. The second-order valence-electron chi connectivity index (χ2n) is 5.71. The van der Waals surface area contributed by atoms with E-state index in [4.69, 9.17) is 0 Å². The first-order chi connectivity index (χ1) is 9.95. The number of carbonyl (C=O) groups is 1. The van der Waals surface area contributed by atoms with E-state index >= 15 is 0 Å². The predicted octanol–water partition coefficient (Wildman–Crippen LogP) is 3.68. The van der Waals surface area contributed by atoms with Crippen molar-refractivity contribution in [3.63, 3.8) is 0 Å². The Morgan fingerprint density at radius 1 is 1.24 bits per heavy atom. The quantitative estimate of drug-likeness (QED) is 0.856. The van der Waals surface area contributed by atoms with Gasteiger partial charge in [0, 0.05) is 5.41 Å². The molecule has 0 bridgehead atoms. The SMILES string of the molecule is CC(C)(C)C(=O)CSc1n[nH]c(/C=C/c2ccccc2)n1. The number of hydrogen-bond acceptors (Lipinski definition) is 4. The number of Topliss-reactive ketones (excluding diaryl/α,β-unsaturated/α-hetero) is 1. The Balaban J connectivity index is 1.93. The zero-order valence-corrected chi connectivity index (χ0v) is 13.3. The van der Waals surface area contributed by atoms with Crippen LogP contribution in [-0.2, 0) is 4.79 Å². The number of aromatic amines is 1. The molecular formula is C16H19N3OS. The fourth-order valence-electron chi connectivity index (χ4n) is 1.48. The number of carbonyl (C=O) groups excluding carboxylic acids is 1. The Morgan fingerprint density at radius 2 is 1.95 bits per heavy atom. The Kier molecular flexibility index (Phi) is 4.96. The van der Waals surface area contributed by atoms with E-state index in [0.717, 1.165) is 5.56 Å². The number of nitrogens with one attached hydrogen (secondary N) is 1. The third-order valence-corrected chi connectivity index (χ3v) is 3.73. The average Bonchev–Trinajstić information content (AvgIpc) is 2.90. The summed E-state index contributed by atoms with van der Waals surface area (Å²) in [5.74, 6) is 1.27. The molecule has 0 atom stereocenters. The maximum atomic E-state index is 11.9. The molecule has 1 heterocycles. The molecule has 0 spiro atoms. The van der Waals surface area contributed by atoms with Crippen LogP contribution in [0.25, 0.3) is 12.2 Å². The number of aromatic nitrogens is 3. The summed E-state index contributed by atoms with van der Waals surface area (Å²) in [7, 11) is 0. The van der Waals surface area contributed by atoms with Crippen LogP contribution in [0.5, 0.6) is 0 Å². The van der Waals surface area contributed by atoms with Gasteiger partial charge < -0.3 is 0 Å². The van der Waals surface area contributed by atoms with Crippen molar-refractivity contribution in [2.75, 3.05) is 5.75 Å². The van der Waals surface area contributed by atoms with Gasteiger partial charge in [0.25, 0.3) is 0 Å². The van der Waals surface area contributed by atoms with Gasteiger partial charge in [0.15, 0.2) is 0 Å². The summed E-state index contributed by atoms with van der Waals surface area (Å²) in [5, 5.41) is 7.56. The molecule has 1 aromatic carbocycles. The van der Waals surface area contributed by atoms with Crippen LogP contribution in [0.2, 0.25) is 0 Å². The molecule has 0 aliphatic heterocycles. The molecule has 0 saturated carbocycles. The highest BCUT2D eigenvalue weighted by Crippen LogP contribution is 2.21. The molecule has 2 rings (SSSR count). The van der Waals surface area contributed by atoms with E-state index in [0.29, 0.717) is 16.7 Å². The standard InChI is InChI=1S/C16H19N3OS/c1-16(2,3)13(20)11-21-15-17-14(18-19-15)10-9-12-7-5-4-6-8-12/h4-10H,11H2,1-3H3,(H,17,18,19)/b10-9+. The highest BCUT2D eigenvalue weighted by atomic mass is 32.2. The first kappa shape index (κ1) is 15.5. The van der Waals surface area contributed by atoms with Crippen LogP contribution in [0, 0.1) is 5.41 Å². The maximum Gasteiger partial charge on any atom is 0.209 e. The highest BCUT2D eigenvalue weighted by Gasteiger charge is 2.21. The molecule has 0 aliphatic rings. The highest BCUT2D eigenvalue weighted by molar-refractivity contribution is 7.99. The lowest BCUT2D eigenvalue weighted by molar-refractivity contribution is -0.123. The molecule has 5 heteroatoms. The summed E-state index contributed by atoms with van der Waals surface area (Å²) in [6.45, 7) is 5.76. The van der Waals surface area contributed by atoms with Gasteiger partial charge in [-0.2, -0.15) is 0 Å². The second-order valence-corrected chi connectivity index (χ2v) is 6.65. The van der Waals surface area contributed by atoms with Gasteiger partial charge in [-0.25, -0.2) is 4.98 Å². The van der Waals surface area contributed by atoms with Crippen LogP contribution >= 0.6 is 11.8 Å². The van der Waals surface area contributed by atoms with Gasteiger partial charge in [0.2, 0.25) is 5.16 Å². The third-order valence-electron chi connectivity index (χ3n) is 2.88. The van der Waals surface area contributed by atoms with E-state index in [1.54, 1.807) is 0 Å². The van der Waals surface area contributed by atoms with Gasteiger partial charge >= 0.3 is 0 Å². The lowest BCUT2D eigenvalue weighted by Crippen LogP contribution is -2.22. The molecule has 0 unspecified atom stereocenters. The Bertz CT molecular complexity index is 626. The predicted molar refractivity (Wildman–Crippen MR) is 86.9 cm³/mol. The minimum atomic E-state index is -0.320. The van der Waals surface area contributed by atoms with Gasteiger partial charge in [-0.3, -0.25) is 9.89 Å². The van der Waals surface area contributed by atoms with Crippen LogP contribution in [-0.4, -0.2) is 26.7 Å². The van der Waals surface area contributed by atoms with Crippen molar-refractivity contribution in [2.24, 2.45) is 5.41 Å². The van der Waals surface area contributed by atoms with Crippen molar-refractivity contribution in [1.82, 2.24) is 15.2 Å². The summed E-state index contributed by atoms with van der Waals surface area (Å²) < 4.78 is 0. The molecule has 110 valence electrons. The first-order valence-corrected chi connectivity index (χ1v) is 7.75. The number of nitrogens with zero attached hydrogens (tertiary/aromatic N) is 2. The van der Waals surface area contributed by atoms with Crippen molar-refractivity contribution in [3.8, 4) is 0 Å². The van der Waals surface area contributed by atoms with E-state index in [9.17, 15) is 4.79 Å². The molecule has 0 aliphatic carbocycles. The molecule has 0 saturated heterocycles. The molecule has 0 amide bonds. The molecule has 0 fully saturated rings. The smallest absolute Gasteiger partial charge is 0.209 e. The molecule has 2 aromatic rings. The molecule has 4 nitrogen and oxygen atoms in total. The van der Waals surface area contributed by atoms with Gasteiger partial charge in [0.05, 0.1) is 5.75 Å². The average molecular weight is 301 g/mol. The Hall–Kier alpha value is -1.88. The molecule has 1 aromatic heterocycles. The first-order valence-electron chi connectivity index (χ1n) is 6.77. The van der Waals surface area contributed by atoms with Crippen LogP contribution < -0.4 is 0 Å².